The van der Waals surface area contributed by atoms with E-state index < -0.39 is 5.91 Å². The van der Waals surface area contributed by atoms with Gasteiger partial charge < -0.3 is 0 Å². The summed E-state index contributed by atoms with van der Waals surface area (Å²) in [7, 11) is 0. The molecule has 0 aliphatic heterocycles. The number of hydrazone groups is 1. The highest BCUT2D eigenvalue weighted by Crippen LogP contribution is 2.26. The van der Waals surface area contributed by atoms with Crippen LogP contribution in [0.4, 0.5) is 0 Å². The number of fused-ring (bicyclic) bond motifs is 1. The van der Waals surface area contributed by atoms with Crippen LogP contribution in [0.1, 0.15) is 15.4 Å². The second-order valence-electron chi connectivity index (χ2n) is 5.71. The van der Waals surface area contributed by atoms with Crippen LogP contribution in [0.15, 0.2) is 76.6 Å². The summed E-state index contributed by atoms with van der Waals surface area (Å²) < 4.78 is 0. The molecule has 0 aliphatic rings. The highest BCUT2D eigenvalue weighted by Gasteiger charge is 2.13. The van der Waals surface area contributed by atoms with Crippen LogP contribution >= 0.6 is 11.3 Å². The van der Waals surface area contributed by atoms with E-state index in [1.807, 2.05) is 42.5 Å². The molecule has 6 nitrogen and oxygen atoms in total. The molecule has 0 fully saturated rings. The molecule has 0 atom stereocenters. The molecule has 2 heterocycles. The number of rotatable bonds is 4. The van der Waals surface area contributed by atoms with E-state index in [9.17, 15) is 9.59 Å². The topological polar surface area (TPSA) is 87.2 Å². The molecule has 2 aromatic heterocycles. The number of hydrogen-bond acceptors (Lipinski definition) is 5. The van der Waals surface area contributed by atoms with Crippen LogP contribution in [0.25, 0.3) is 21.2 Å². The molecule has 7 heteroatoms. The van der Waals surface area contributed by atoms with E-state index in [1.54, 1.807) is 41.8 Å². The molecule has 0 radical (unpaired) electrons. The van der Waals surface area contributed by atoms with Crippen molar-refractivity contribution in [1.82, 2.24) is 15.6 Å². The molecule has 0 unspecified atom stereocenters. The van der Waals surface area contributed by atoms with Crippen molar-refractivity contribution in [3.05, 3.63) is 87.7 Å². The van der Waals surface area contributed by atoms with Crippen LogP contribution in [-0.2, 0) is 0 Å². The number of nitrogens with zero attached hydrogens (tertiary/aromatic N) is 2. The van der Waals surface area contributed by atoms with E-state index in [0.717, 1.165) is 15.3 Å². The summed E-state index contributed by atoms with van der Waals surface area (Å²) in [5.41, 5.74) is 3.38. The molecule has 4 aromatic rings. The number of H-pyrrole nitrogens is 1. The van der Waals surface area contributed by atoms with Gasteiger partial charge in [0.15, 0.2) is 5.69 Å². The van der Waals surface area contributed by atoms with Crippen LogP contribution in [0, 0.1) is 0 Å². The minimum absolute atomic E-state index is 0.124. The van der Waals surface area contributed by atoms with E-state index in [4.69, 9.17) is 0 Å². The molecule has 4 rings (SSSR count). The Labute approximate surface area is 158 Å². The molecule has 1 amide bonds. The van der Waals surface area contributed by atoms with Gasteiger partial charge in [-0.3, -0.25) is 9.59 Å². The second kappa shape index (κ2) is 7.35. The Kier molecular flexibility index (Phi) is 4.59. The van der Waals surface area contributed by atoms with Crippen LogP contribution in [0.3, 0.4) is 0 Å². The van der Waals surface area contributed by atoms with Gasteiger partial charge in [0.25, 0.3) is 11.5 Å². The lowest BCUT2D eigenvalue weighted by molar-refractivity contribution is 0.0951. The number of thiophene rings is 1. The maximum absolute atomic E-state index is 12.4. The largest absolute Gasteiger partial charge is 0.292 e. The predicted octanol–water partition coefficient (Wildman–Crippen LogP) is 3.42. The van der Waals surface area contributed by atoms with E-state index in [-0.39, 0.29) is 11.3 Å². The average molecular weight is 374 g/mol. The van der Waals surface area contributed by atoms with E-state index >= 15 is 0 Å². The number of amides is 1. The van der Waals surface area contributed by atoms with Crippen molar-refractivity contribution in [2.24, 2.45) is 5.10 Å². The Balaban J connectivity index is 1.51. The Morgan fingerprint density at radius 1 is 1.00 bits per heavy atom. The Hall–Kier alpha value is -3.58. The zero-order valence-electron chi connectivity index (χ0n) is 14.0. The standard InChI is InChI=1S/C20H14N4O2S/c25-19-16-9-5-4-8-15(16)18(22-24-19)20(26)23-21-12-14-10-11-17(27-14)13-6-2-1-3-7-13/h1-12H,(H,23,26)(H,24,25)/b21-12-. The number of aromatic amines is 1. The zero-order chi connectivity index (χ0) is 18.6. The SMILES string of the molecule is O=C(N/N=C\c1ccc(-c2ccccc2)s1)c1n[nH]c(=O)c2ccccc12. The quantitative estimate of drug-likeness (QED) is 0.424. The molecule has 2 N–H and O–H groups in total. The Morgan fingerprint density at radius 2 is 1.74 bits per heavy atom. The van der Waals surface area contributed by atoms with Crippen molar-refractivity contribution in [2.75, 3.05) is 0 Å². The summed E-state index contributed by atoms with van der Waals surface area (Å²) in [6.45, 7) is 0. The number of hydrogen-bond donors (Lipinski definition) is 2. The third-order valence-corrected chi connectivity index (χ3v) is 5.02. The highest BCUT2D eigenvalue weighted by atomic mass is 32.1. The van der Waals surface area contributed by atoms with Crippen molar-refractivity contribution < 1.29 is 4.79 Å². The maximum atomic E-state index is 12.4. The van der Waals surface area contributed by atoms with Crippen molar-refractivity contribution >= 4 is 34.2 Å². The number of aromatic nitrogens is 2. The molecule has 0 saturated carbocycles. The maximum Gasteiger partial charge on any atom is 0.292 e. The van der Waals surface area contributed by atoms with Gasteiger partial charge in [0.1, 0.15) is 0 Å². The van der Waals surface area contributed by atoms with E-state index in [1.165, 1.54) is 0 Å². The lowest BCUT2D eigenvalue weighted by Gasteiger charge is -2.02. The van der Waals surface area contributed by atoms with Crippen molar-refractivity contribution in [3.63, 3.8) is 0 Å². The van der Waals surface area contributed by atoms with Crippen LogP contribution in [0.2, 0.25) is 0 Å². The zero-order valence-corrected chi connectivity index (χ0v) is 14.9. The lowest BCUT2D eigenvalue weighted by atomic mass is 10.1. The van der Waals surface area contributed by atoms with Gasteiger partial charge in [-0.2, -0.15) is 10.2 Å². The fourth-order valence-electron chi connectivity index (χ4n) is 2.68. The monoisotopic (exact) mass is 374 g/mol. The van der Waals surface area contributed by atoms with Gasteiger partial charge in [-0.1, -0.05) is 48.5 Å². The fraction of sp³-hybridized carbons (Fsp3) is 0. The first-order valence-corrected chi connectivity index (χ1v) is 9.00. The Morgan fingerprint density at radius 3 is 2.56 bits per heavy atom. The number of nitrogens with one attached hydrogen (secondary N) is 2. The first kappa shape index (κ1) is 16.9. The third kappa shape index (κ3) is 3.54. The number of carbonyl (C=O) groups is 1. The summed E-state index contributed by atoms with van der Waals surface area (Å²) in [6.07, 6.45) is 1.59. The summed E-state index contributed by atoms with van der Waals surface area (Å²) in [5.74, 6) is -0.487. The van der Waals surface area contributed by atoms with Gasteiger partial charge in [-0.15, -0.1) is 11.3 Å². The summed E-state index contributed by atoms with van der Waals surface area (Å²) in [5, 5.41) is 11.1. The average Bonchev–Trinajstić information content (AvgIpc) is 3.18. The van der Waals surface area contributed by atoms with Gasteiger partial charge >= 0.3 is 0 Å². The van der Waals surface area contributed by atoms with Crippen LogP contribution in [0.5, 0.6) is 0 Å². The normalized spacial score (nSPS) is 11.1. The van der Waals surface area contributed by atoms with Gasteiger partial charge in [0.05, 0.1) is 11.6 Å². The molecular formula is C20H14N4O2S. The van der Waals surface area contributed by atoms with Crippen LogP contribution in [-0.4, -0.2) is 22.3 Å². The van der Waals surface area contributed by atoms with Crippen LogP contribution < -0.4 is 11.0 Å². The first-order chi connectivity index (χ1) is 13.2. The summed E-state index contributed by atoms with van der Waals surface area (Å²) in [6, 6.07) is 20.8. The molecule has 0 spiro atoms. The summed E-state index contributed by atoms with van der Waals surface area (Å²) >= 11 is 1.57. The number of carbonyl (C=O) groups excluding carboxylic acids is 1. The molecule has 2 aromatic carbocycles. The predicted molar refractivity (Wildman–Crippen MR) is 107 cm³/mol. The molecule has 0 bridgehead atoms. The van der Waals surface area contributed by atoms with Crippen molar-refractivity contribution in [3.8, 4) is 10.4 Å². The van der Waals surface area contributed by atoms with Gasteiger partial charge in [-0.25, -0.2) is 10.5 Å². The first-order valence-electron chi connectivity index (χ1n) is 8.18. The van der Waals surface area contributed by atoms with E-state index in [0.29, 0.717) is 10.8 Å². The minimum Gasteiger partial charge on any atom is -0.267 e. The molecule has 0 saturated heterocycles. The molecular weight excluding hydrogens is 360 g/mol. The van der Waals surface area contributed by atoms with E-state index in [2.05, 4.69) is 20.7 Å². The minimum atomic E-state index is -0.487. The lowest BCUT2D eigenvalue weighted by Crippen LogP contribution is -2.22. The Bertz CT molecular complexity index is 1200. The van der Waals surface area contributed by atoms with Crippen molar-refractivity contribution in [1.29, 1.82) is 0 Å². The fourth-order valence-corrected chi connectivity index (χ4v) is 3.56. The molecule has 132 valence electrons. The molecule has 0 aliphatic carbocycles. The number of benzene rings is 2. The van der Waals surface area contributed by atoms with Gasteiger partial charge in [-0.05, 0) is 23.8 Å². The molecule has 27 heavy (non-hydrogen) atoms. The third-order valence-electron chi connectivity index (χ3n) is 3.95. The van der Waals surface area contributed by atoms with Gasteiger partial charge in [0, 0.05) is 15.1 Å². The highest BCUT2D eigenvalue weighted by molar-refractivity contribution is 7.17. The summed E-state index contributed by atoms with van der Waals surface area (Å²) in [4.78, 5) is 26.2. The second-order valence-corrected chi connectivity index (χ2v) is 6.83. The van der Waals surface area contributed by atoms with Crippen molar-refractivity contribution in [2.45, 2.75) is 0 Å². The van der Waals surface area contributed by atoms with Gasteiger partial charge in [0.2, 0.25) is 0 Å². The smallest absolute Gasteiger partial charge is 0.267 e.